The third-order valence-corrected chi connectivity index (χ3v) is 17.6. The number of allylic oxidation sites excluding steroid dienone is 3. The molecule has 0 spiro atoms. The first-order valence-corrected chi connectivity index (χ1v) is 29.2. The van der Waals surface area contributed by atoms with Gasteiger partial charge in [0.15, 0.2) is 5.72 Å². The second-order valence-corrected chi connectivity index (χ2v) is 24.9. The molecular formula is C56H75ClN6O17S2. The normalized spacial score (nSPS) is 24.3. The lowest BCUT2D eigenvalue weighted by Gasteiger charge is -2.43. The average molecular weight is 1200 g/mol. The Labute approximate surface area is 490 Å². The number of imide groups is 1. The van der Waals surface area contributed by atoms with Crippen molar-refractivity contribution >= 4 is 92.2 Å². The van der Waals surface area contributed by atoms with Crippen LogP contribution in [0.3, 0.4) is 0 Å². The van der Waals surface area contributed by atoms with Gasteiger partial charge in [-0.15, -0.1) is 5.06 Å². The fourth-order valence-corrected chi connectivity index (χ4v) is 11.9. The van der Waals surface area contributed by atoms with Crippen LogP contribution < -0.4 is 25.1 Å². The van der Waals surface area contributed by atoms with Crippen LogP contribution in [0, 0.1) is 5.92 Å². The quantitative estimate of drug-likeness (QED) is 0.0238. The van der Waals surface area contributed by atoms with Crippen molar-refractivity contribution in [3.63, 3.8) is 0 Å². The van der Waals surface area contributed by atoms with Gasteiger partial charge in [0.25, 0.3) is 11.8 Å². The van der Waals surface area contributed by atoms with E-state index in [1.165, 1.54) is 79.6 Å². The van der Waals surface area contributed by atoms with Crippen molar-refractivity contribution in [2.45, 2.75) is 153 Å². The average Bonchev–Trinajstić information content (AvgIpc) is 3.72. The van der Waals surface area contributed by atoms with Gasteiger partial charge in [-0.25, -0.2) is 19.8 Å². The predicted molar refractivity (Wildman–Crippen MR) is 307 cm³/mol. The molecule has 2 aromatic carbocycles. The number of esters is 1. The van der Waals surface area contributed by atoms with Crippen LogP contribution in [0.2, 0.25) is 5.02 Å². The molecule has 2 fully saturated rings. The number of anilines is 1. The van der Waals surface area contributed by atoms with Gasteiger partial charge in [0.05, 0.1) is 43.6 Å². The van der Waals surface area contributed by atoms with Gasteiger partial charge in [0.1, 0.15) is 46.6 Å². The molecule has 3 aliphatic rings. The molecule has 5 rings (SSSR count). The van der Waals surface area contributed by atoms with E-state index in [0.29, 0.717) is 45.7 Å². The first-order valence-electron chi connectivity index (χ1n) is 26.5. The van der Waals surface area contributed by atoms with Crippen molar-refractivity contribution in [1.29, 1.82) is 0 Å². The zero-order valence-corrected chi connectivity index (χ0v) is 50.4. The molecule has 0 aromatic heterocycles. The SMILES string of the molecule is COc1cc2cc(c1Cl)N(C)C(=O)C[C@H](OC(=O)[C@H](C)N(C)C(=O)CCSSC(C)(C)CC(=O)N/N=C(\C)c1ccc(OCCCC(=O)ON3C(=O)CCC3=O)cc1O)C(C)(O)C[C@H](C)[C@@H]1C[C@@](O)(NC(=O)O1)[C@H](OC)/C=C/C=C(\C)C2. The van der Waals surface area contributed by atoms with E-state index in [1.54, 1.807) is 50.3 Å². The maximum atomic E-state index is 14.3. The summed E-state index contributed by atoms with van der Waals surface area (Å²) in [5.41, 5.74) is 1.14. The number of nitrogens with zero attached hydrogens (tertiary/aromatic N) is 4. The fourth-order valence-electron chi connectivity index (χ4n) is 9.15. The van der Waals surface area contributed by atoms with Crippen LogP contribution in [-0.2, 0) is 59.0 Å². The summed E-state index contributed by atoms with van der Waals surface area (Å²) in [5.74, 6) is -4.21. The van der Waals surface area contributed by atoms with E-state index < -0.39 is 100 Å². The van der Waals surface area contributed by atoms with Crippen molar-refractivity contribution in [3.8, 4) is 17.2 Å². The maximum absolute atomic E-state index is 14.3. The minimum Gasteiger partial charge on any atom is -0.507 e. The van der Waals surface area contributed by atoms with E-state index >= 15 is 0 Å². The maximum Gasteiger partial charge on any atom is 0.409 e. The molecule has 7 atom stereocenters. The third-order valence-electron chi connectivity index (χ3n) is 14.0. The summed E-state index contributed by atoms with van der Waals surface area (Å²) in [4.78, 5) is 111. The number of amides is 6. The summed E-state index contributed by atoms with van der Waals surface area (Å²) in [6.07, 6.45) is 0.259. The number of fused-ring (bicyclic) bond motifs is 4. The van der Waals surface area contributed by atoms with Crippen molar-refractivity contribution in [2.24, 2.45) is 11.0 Å². The van der Waals surface area contributed by atoms with E-state index in [4.69, 9.17) is 40.1 Å². The van der Waals surface area contributed by atoms with E-state index in [9.17, 15) is 53.7 Å². The molecular weight excluding hydrogens is 1130 g/mol. The lowest BCUT2D eigenvalue weighted by molar-refractivity contribution is -0.197. The fraction of sp³-hybridized carbons (Fsp3) is 0.554. The summed E-state index contributed by atoms with van der Waals surface area (Å²) >= 11 is 6.79. The molecule has 6 amide bonds. The summed E-state index contributed by atoms with van der Waals surface area (Å²) in [6.45, 7) is 11.8. The number of hydroxylamine groups is 2. The van der Waals surface area contributed by atoms with Crippen molar-refractivity contribution in [2.75, 3.05) is 45.6 Å². The molecule has 26 heteroatoms. The van der Waals surface area contributed by atoms with Crippen molar-refractivity contribution < 1.29 is 82.2 Å². The lowest BCUT2D eigenvalue weighted by atomic mass is 9.81. The third kappa shape index (κ3) is 18.3. The van der Waals surface area contributed by atoms with Gasteiger partial charge in [-0.3, -0.25) is 29.3 Å². The Hall–Kier alpha value is -6.38. The number of aliphatic hydroxyl groups is 2. The Balaban J connectivity index is 1.17. The monoisotopic (exact) mass is 1200 g/mol. The van der Waals surface area contributed by atoms with Gasteiger partial charge >= 0.3 is 18.0 Å². The highest BCUT2D eigenvalue weighted by atomic mass is 35.5. The molecule has 2 saturated heterocycles. The summed E-state index contributed by atoms with van der Waals surface area (Å²) < 4.78 is 27.8. The molecule has 0 radical (unpaired) electrons. The number of carbonyl (C=O) groups excluding carboxylic acids is 8. The Morgan fingerprint density at radius 3 is 2.40 bits per heavy atom. The Morgan fingerprint density at radius 2 is 1.74 bits per heavy atom. The second-order valence-electron chi connectivity index (χ2n) is 21.4. The number of rotatable bonds is 20. The number of likely N-dealkylation sites (N-methyl/N-ethyl adjacent to an activating group) is 1. The largest absolute Gasteiger partial charge is 0.507 e. The predicted octanol–water partition coefficient (Wildman–Crippen LogP) is 6.45. The van der Waals surface area contributed by atoms with Crippen LogP contribution >= 0.6 is 33.2 Å². The van der Waals surface area contributed by atoms with Crippen molar-refractivity contribution in [1.82, 2.24) is 20.7 Å². The van der Waals surface area contributed by atoms with E-state index in [2.05, 4.69) is 15.8 Å². The number of halogens is 1. The van der Waals surface area contributed by atoms with Crippen LogP contribution in [0.5, 0.6) is 17.2 Å². The zero-order chi connectivity index (χ0) is 60.9. The van der Waals surface area contributed by atoms with Gasteiger partial charge in [0.2, 0.25) is 17.7 Å². The molecule has 3 aliphatic heterocycles. The standard InChI is InChI=1S/C56H75ClN6O17S2/c1-32-14-12-15-43(76-11)56(74)30-42(78-53(72)58-56)33(2)29-55(7,73)44(28-49(69)62(9)39-25-36(24-32)26-41(75-10)51(39)57)79-52(71)35(4)61(8)46(66)21-23-81-82-54(5,6)31-45(65)60-59-34(3)38-18-17-37(27-40(38)64)77-22-13-16-50(70)80-63-47(67)19-20-48(63)68/h12,14-15,17-18,25-27,33,35,42-44,64,73-74H,13,16,19-24,28-31H2,1-11H3,(H,58,72)(H,60,65)/b15-12+,32-14+,59-34+/t33-,35-,42-,43+,44-,55?,56-/m0/s1. The number of hydrazone groups is 1. The Morgan fingerprint density at radius 1 is 1.05 bits per heavy atom. The van der Waals surface area contributed by atoms with Crippen LogP contribution in [0.4, 0.5) is 10.5 Å². The van der Waals surface area contributed by atoms with Gasteiger partial charge in [0, 0.05) is 75.4 Å². The highest BCUT2D eigenvalue weighted by Crippen LogP contribution is 2.40. The molecule has 1 unspecified atom stereocenters. The zero-order valence-electron chi connectivity index (χ0n) is 48.0. The number of phenolic OH excluding ortho intramolecular Hbond substituents is 1. The molecule has 2 aromatic rings. The first-order chi connectivity index (χ1) is 38.5. The number of aromatic hydroxyl groups is 1. The number of phenols is 1. The second kappa shape index (κ2) is 29.2. The van der Waals surface area contributed by atoms with Gasteiger partial charge in [-0.2, -0.15) is 5.10 Å². The summed E-state index contributed by atoms with van der Waals surface area (Å²) in [5, 5.41) is 42.0. The molecule has 3 heterocycles. The topological polar surface area (TPSA) is 299 Å². The van der Waals surface area contributed by atoms with Crippen LogP contribution in [0.25, 0.3) is 0 Å². The molecule has 82 heavy (non-hydrogen) atoms. The highest BCUT2D eigenvalue weighted by molar-refractivity contribution is 8.77. The molecule has 5 N–H and O–H groups in total. The number of ether oxygens (including phenoxy) is 5. The number of benzene rings is 2. The number of carbonyl (C=O) groups is 8. The van der Waals surface area contributed by atoms with Gasteiger partial charge in [-0.05, 0) is 96.6 Å². The minimum absolute atomic E-state index is 0.00751. The smallest absolute Gasteiger partial charge is 0.409 e. The lowest BCUT2D eigenvalue weighted by Crippen LogP contribution is -2.63. The van der Waals surface area contributed by atoms with E-state index in [1.807, 2.05) is 26.8 Å². The number of hydrogen-bond acceptors (Lipinski definition) is 20. The van der Waals surface area contributed by atoms with Crippen LogP contribution in [0.1, 0.15) is 117 Å². The summed E-state index contributed by atoms with van der Waals surface area (Å²) in [7, 11) is 8.48. The van der Waals surface area contributed by atoms with Crippen LogP contribution in [0.15, 0.2) is 59.2 Å². The Kier molecular flexibility index (Phi) is 23.7. The minimum atomic E-state index is -1.97. The number of alkyl carbamates (subject to hydrolysis) is 1. The number of nitrogens with one attached hydrogen (secondary N) is 2. The number of hydrogen-bond donors (Lipinski definition) is 5. The first kappa shape index (κ1) is 66.4. The summed E-state index contributed by atoms with van der Waals surface area (Å²) in [6, 6.07) is 6.76. The van der Waals surface area contributed by atoms with Gasteiger partial charge in [-0.1, -0.05) is 63.9 Å². The number of methoxy groups -OCH3 is 2. The van der Waals surface area contributed by atoms with Gasteiger partial charge < -0.3 is 53.6 Å². The van der Waals surface area contributed by atoms with Crippen LogP contribution in [-0.4, -0.2) is 160 Å². The molecule has 450 valence electrons. The Bertz CT molecular complexity index is 2800. The molecule has 4 bridgehead atoms. The molecule has 23 nitrogen and oxygen atoms in total. The van der Waals surface area contributed by atoms with E-state index in [-0.39, 0.29) is 68.7 Å². The van der Waals surface area contributed by atoms with E-state index in [0.717, 1.165) is 11.1 Å². The highest BCUT2D eigenvalue weighted by Gasteiger charge is 2.49. The molecule has 0 aliphatic carbocycles. The van der Waals surface area contributed by atoms with Crippen molar-refractivity contribution in [3.05, 3.63) is 70.3 Å². The molecule has 0 saturated carbocycles.